The summed E-state index contributed by atoms with van der Waals surface area (Å²) in [5.74, 6) is -0.366. The van der Waals surface area contributed by atoms with Gasteiger partial charge in [0.15, 0.2) is 9.84 Å². The fraction of sp³-hybridized carbons (Fsp3) is 0.357. The van der Waals surface area contributed by atoms with E-state index in [-0.39, 0.29) is 23.7 Å². The Labute approximate surface area is 135 Å². The van der Waals surface area contributed by atoms with Gasteiger partial charge in [-0.3, -0.25) is 0 Å². The minimum atomic E-state index is -3.45. The van der Waals surface area contributed by atoms with Crippen molar-refractivity contribution in [3.8, 4) is 11.5 Å². The lowest BCUT2D eigenvalue weighted by atomic mass is 10.2. The molecule has 126 valence electrons. The van der Waals surface area contributed by atoms with Crippen LogP contribution < -0.4 is 4.72 Å². The Balaban J connectivity index is 1.97. The second-order valence-corrected chi connectivity index (χ2v) is 9.21. The van der Waals surface area contributed by atoms with E-state index in [0.717, 1.165) is 5.56 Å². The molecule has 2 aromatic rings. The van der Waals surface area contributed by atoms with Crippen LogP contribution in [-0.4, -0.2) is 40.4 Å². The molecule has 1 N–H and O–H groups in total. The average Bonchev–Trinajstić information content (AvgIpc) is 2.95. The van der Waals surface area contributed by atoms with Crippen LogP contribution in [0.5, 0.6) is 0 Å². The highest BCUT2D eigenvalue weighted by Gasteiger charge is 2.17. The summed E-state index contributed by atoms with van der Waals surface area (Å²) in [5.41, 5.74) is 1.07. The van der Waals surface area contributed by atoms with Crippen molar-refractivity contribution in [3.63, 3.8) is 0 Å². The highest BCUT2D eigenvalue weighted by molar-refractivity contribution is 7.91. The van der Waals surface area contributed by atoms with Gasteiger partial charge >= 0.3 is 0 Å². The zero-order valence-corrected chi connectivity index (χ0v) is 14.2. The quantitative estimate of drug-likeness (QED) is 0.760. The topological polar surface area (TPSA) is 106 Å². The molecule has 7 nitrogen and oxygen atoms in total. The van der Waals surface area contributed by atoms with Gasteiger partial charge in [0.25, 0.3) is 0 Å². The van der Waals surface area contributed by atoms with Crippen LogP contribution in [0.25, 0.3) is 11.5 Å². The van der Waals surface area contributed by atoms with Crippen LogP contribution in [-0.2, 0) is 25.6 Å². The van der Waals surface area contributed by atoms with Gasteiger partial charge in [-0.15, -0.1) is 0 Å². The normalized spacial score (nSPS) is 12.4. The van der Waals surface area contributed by atoms with Crippen molar-refractivity contribution < 1.29 is 21.3 Å². The van der Waals surface area contributed by atoms with Crippen molar-refractivity contribution in [2.75, 3.05) is 18.6 Å². The van der Waals surface area contributed by atoms with Gasteiger partial charge in [-0.2, -0.15) is 0 Å². The molecule has 0 spiro atoms. The number of sulfonamides is 1. The largest absolute Gasteiger partial charge is 0.444 e. The third-order valence-electron chi connectivity index (χ3n) is 3.12. The molecule has 0 aliphatic heterocycles. The van der Waals surface area contributed by atoms with Gasteiger partial charge in [0, 0.05) is 5.56 Å². The van der Waals surface area contributed by atoms with Gasteiger partial charge in [-0.25, -0.2) is 26.5 Å². The molecule has 23 heavy (non-hydrogen) atoms. The van der Waals surface area contributed by atoms with E-state index in [4.69, 9.17) is 4.42 Å². The molecule has 0 fully saturated rings. The van der Waals surface area contributed by atoms with E-state index in [1.54, 1.807) is 0 Å². The first-order chi connectivity index (χ1) is 10.8. The molecule has 0 unspecified atom stereocenters. The second kappa shape index (κ2) is 7.24. The van der Waals surface area contributed by atoms with Crippen LogP contribution in [0.1, 0.15) is 12.1 Å². The first-order valence-corrected chi connectivity index (χ1v) is 10.4. The highest BCUT2D eigenvalue weighted by atomic mass is 32.2. The number of nitrogens with zero attached hydrogens (tertiary/aromatic N) is 1. The lowest BCUT2D eigenvalue weighted by Crippen LogP contribution is -2.23. The fourth-order valence-electron chi connectivity index (χ4n) is 1.95. The van der Waals surface area contributed by atoms with Crippen molar-refractivity contribution in [1.29, 1.82) is 0 Å². The Morgan fingerprint density at radius 3 is 2.43 bits per heavy atom. The van der Waals surface area contributed by atoms with E-state index < -0.39 is 19.9 Å². The van der Waals surface area contributed by atoms with Crippen molar-refractivity contribution >= 4 is 19.9 Å². The Hall–Kier alpha value is -1.71. The Morgan fingerprint density at radius 2 is 1.78 bits per heavy atom. The zero-order valence-electron chi connectivity index (χ0n) is 12.6. The van der Waals surface area contributed by atoms with Crippen molar-refractivity contribution in [1.82, 2.24) is 9.71 Å². The third kappa shape index (κ3) is 5.45. The van der Waals surface area contributed by atoms with Gasteiger partial charge < -0.3 is 4.42 Å². The molecule has 0 bridgehead atoms. The van der Waals surface area contributed by atoms with Crippen LogP contribution in [0.15, 0.2) is 41.0 Å². The second-order valence-electron chi connectivity index (χ2n) is 4.98. The molecule has 0 radical (unpaired) electrons. The average molecular weight is 358 g/mol. The molecule has 2 rings (SSSR count). The van der Waals surface area contributed by atoms with E-state index in [9.17, 15) is 16.8 Å². The van der Waals surface area contributed by atoms with Gasteiger partial charge in [-0.1, -0.05) is 18.2 Å². The minimum Gasteiger partial charge on any atom is -0.444 e. The lowest BCUT2D eigenvalue weighted by Gasteiger charge is -2.03. The molecule has 0 saturated carbocycles. The van der Waals surface area contributed by atoms with Crippen LogP contribution >= 0.6 is 0 Å². The molecule has 0 aliphatic rings. The van der Waals surface area contributed by atoms with Crippen molar-refractivity contribution in [2.45, 2.75) is 12.2 Å². The van der Waals surface area contributed by atoms with Crippen molar-refractivity contribution in [2.24, 2.45) is 0 Å². The number of rotatable bonds is 8. The lowest BCUT2D eigenvalue weighted by molar-refractivity contribution is 0.571. The summed E-state index contributed by atoms with van der Waals surface area (Å²) in [5, 5.41) is 0. The van der Waals surface area contributed by atoms with E-state index in [2.05, 4.69) is 9.71 Å². The smallest absolute Gasteiger partial charge is 0.226 e. The molecule has 0 amide bonds. The predicted molar refractivity (Wildman–Crippen MR) is 86.9 cm³/mol. The van der Waals surface area contributed by atoms with Gasteiger partial charge in [0.05, 0.1) is 23.0 Å². The first kappa shape index (κ1) is 17.6. The zero-order chi connectivity index (χ0) is 16.9. The standard InChI is InChI=1S/C14H18N2O5S2/c1-15-23(19,20)9-5-8-22(17,18)11-13-10-21-14(16-13)12-6-3-2-4-7-12/h2-4,6-7,10,15H,5,8-9,11H2,1H3. The number of sulfone groups is 1. The van der Waals surface area contributed by atoms with Gasteiger partial charge in [-0.05, 0) is 25.6 Å². The first-order valence-electron chi connectivity index (χ1n) is 6.93. The summed E-state index contributed by atoms with van der Waals surface area (Å²) in [6.45, 7) is 0. The molecule has 0 atom stereocenters. The maximum atomic E-state index is 12.0. The Bertz CT molecular complexity index is 842. The highest BCUT2D eigenvalue weighted by Crippen LogP contribution is 2.19. The SMILES string of the molecule is CNS(=O)(=O)CCCS(=O)(=O)Cc1coc(-c2ccccc2)n1. The minimum absolute atomic E-state index is 0.0366. The van der Waals surface area contributed by atoms with Gasteiger partial charge in [0.2, 0.25) is 15.9 Å². The van der Waals surface area contributed by atoms with E-state index in [1.165, 1.54) is 13.3 Å². The number of oxazole rings is 1. The Kier molecular flexibility index (Phi) is 5.55. The van der Waals surface area contributed by atoms with Crippen molar-refractivity contribution in [3.05, 3.63) is 42.3 Å². The van der Waals surface area contributed by atoms with Crippen LogP contribution in [0.3, 0.4) is 0 Å². The number of hydrogen-bond acceptors (Lipinski definition) is 6. The third-order valence-corrected chi connectivity index (χ3v) is 6.21. The van der Waals surface area contributed by atoms with Gasteiger partial charge in [0.1, 0.15) is 6.26 Å². The predicted octanol–water partition coefficient (Wildman–Crippen LogP) is 1.20. The Morgan fingerprint density at radius 1 is 1.09 bits per heavy atom. The summed E-state index contributed by atoms with van der Waals surface area (Å²) < 4.78 is 54.0. The van der Waals surface area contributed by atoms with Crippen LogP contribution in [0, 0.1) is 0 Å². The summed E-state index contributed by atoms with van der Waals surface area (Å²) in [4.78, 5) is 4.16. The summed E-state index contributed by atoms with van der Waals surface area (Å²) in [6.07, 6.45) is 1.35. The number of nitrogens with one attached hydrogen (secondary N) is 1. The van der Waals surface area contributed by atoms with E-state index >= 15 is 0 Å². The molecular formula is C14H18N2O5S2. The number of hydrogen-bond donors (Lipinski definition) is 1. The van der Waals surface area contributed by atoms with Crippen LogP contribution in [0.4, 0.5) is 0 Å². The number of aromatic nitrogens is 1. The molecule has 0 saturated heterocycles. The molecule has 9 heteroatoms. The van der Waals surface area contributed by atoms with Crippen LogP contribution in [0.2, 0.25) is 0 Å². The maximum Gasteiger partial charge on any atom is 0.226 e. The fourth-order valence-corrected chi connectivity index (χ4v) is 4.18. The summed E-state index contributed by atoms with van der Waals surface area (Å²) in [6, 6.07) is 9.15. The maximum absolute atomic E-state index is 12.0. The molecule has 1 heterocycles. The molecular weight excluding hydrogens is 340 g/mol. The summed E-state index contributed by atoms with van der Waals surface area (Å²) >= 11 is 0. The molecule has 1 aromatic heterocycles. The molecule has 0 aliphatic carbocycles. The number of benzene rings is 1. The summed E-state index contributed by atoms with van der Waals surface area (Å²) in [7, 11) is -5.55. The molecule has 1 aromatic carbocycles. The van der Waals surface area contributed by atoms with E-state index in [0.29, 0.717) is 11.6 Å². The van der Waals surface area contributed by atoms with E-state index in [1.807, 2.05) is 30.3 Å². The monoisotopic (exact) mass is 358 g/mol.